The molecule has 1 atom stereocenters. The molecule has 2 nitrogen and oxygen atoms in total. The van der Waals surface area contributed by atoms with Gasteiger partial charge in [-0.15, -0.1) is 17.9 Å². The minimum atomic E-state index is -1.38. The van der Waals surface area contributed by atoms with Crippen LogP contribution in [0, 0.1) is 0 Å². The molecule has 0 aliphatic carbocycles. The summed E-state index contributed by atoms with van der Waals surface area (Å²) < 4.78 is 45.7. The van der Waals surface area contributed by atoms with Gasteiger partial charge in [-0.05, 0) is 6.42 Å². The predicted octanol–water partition coefficient (Wildman–Crippen LogP) is 1.91. The Morgan fingerprint density at radius 1 is 1.20 bits per heavy atom. The smallest absolute Gasteiger partial charge is 0.0908 e. The first-order valence-electron chi connectivity index (χ1n) is 2.77. The third-order valence-corrected chi connectivity index (χ3v) is 1.10. The molecule has 62 valence electrons. The van der Waals surface area contributed by atoms with Crippen molar-refractivity contribution in [2.45, 2.75) is 19.4 Å². The first-order valence-corrected chi connectivity index (χ1v) is 2.77. The van der Waals surface area contributed by atoms with Gasteiger partial charge in [0.2, 0.25) is 0 Å². The maximum Gasteiger partial charge on any atom is 0.0908 e. The Bertz CT molecular complexity index is 87.3. The molecule has 0 aromatic carbocycles. The van der Waals surface area contributed by atoms with Crippen LogP contribution in [-0.4, -0.2) is 23.3 Å². The van der Waals surface area contributed by atoms with Gasteiger partial charge in [-0.1, -0.05) is 6.92 Å². The molecule has 1 unspecified atom stereocenters. The monoisotopic (exact) mass is 160 g/mol. The Kier molecular flexibility index (Phi) is 4.29. The van der Waals surface area contributed by atoms with Gasteiger partial charge in [-0.2, -0.15) is 0 Å². The maximum atomic E-state index is 11.5. The molecule has 0 saturated heterocycles. The van der Waals surface area contributed by atoms with Crippen LogP contribution >= 0.6 is 0 Å². The lowest BCUT2D eigenvalue weighted by molar-refractivity contribution is -0.230. The van der Waals surface area contributed by atoms with Gasteiger partial charge in [0, 0.05) is 10.7 Å². The molecule has 6 heteroatoms. The second-order valence-corrected chi connectivity index (χ2v) is 1.81. The van der Waals surface area contributed by atoms with E-state index in [1.54, 1.807) is 0 Å². The predicted molar refractivity (Wildman–Crippen MR) is 27.1 cm³/mol. The lowest BCUT2D eigenvalue weighted by atomic mass is 10.2. The molecule has 0 spiro atoms. The summed E-state index contributed by atoms with van der Waals surface area (Å²) in [6, 6.07) is -1.38. The van der Waals surface area contributed by atoms with E-state index in [9.17, 15) is 17.9 Å². The van der Waals surface area contributed by atoms with E-state index in [1.807, 2.05) is 0 Å². The van der Waals surface area contributed by atoms with E-state index in [0.29, 0.717) is 0 Å². The minimum absolute atomic E-state index is 0.00264. The first-order chi connectivity index (χ1) is 4.57. The van der Waals surface area contributed by atoms with E-state index >= 15 is 0 Å². The largest absolute Gasteiger partial charge is 0.101 e. The van der Waals surface area contributed by atoms with Crippen LogP contribution < -0.4 is 0 Å². The van der Waals surface area contributed by atoms with E-state index in [1.165, 1.54) is 6.92 Å². The highest BCUT2D eigenvalue weighted by molar-refractivity contribution is 4.57. The Morgan fingerprint density at radius 3 is 1.80 bits per heavy atom. The van der Waals surface area contributed by atoms with Crippen LogP contribution in [0.25, 0.3) is 0 Å². The van der Waals surface area contributed by atoms with Crippen molar-refractivity contribution >= 4 is 0 Å². The average Bonchev–Trinajstić information content (AvgIpc) is 1.81. The van der Waals surface area contributed by atoms with Crippen LogP contribution in [0.1, 0.15) is 13.3 Å². The van der Waals surface area contributed by atoms with Gasteiger partial charge in [-0.3, -0.25) is 0 Å². The van der Waals surface area contributed by atoms with Crippen LogP contribution in [0.5, 0.6) is 0 Å². The van der Waals surface area contributed by atoms with Crippen molar-refractivity contribution in [3.8, 4) is 0 Å². The fourth-order valence-electron chi connectivity index (χ4n) is 0.488. The first kappa shape index (κ1) is 9.64. The van der Waals surface area contributed by atoms with Crippen molar-refractivity contribution in [1.82, 2.24) is 10.7 Å². The van der Waals surface area contributed by atoms with Crippen molar-refractivity contribution in [2.75, 3.05) is 6.54 Å². The highest BCUT2D eigenvalue weighted by Gasteiger charge is 2.19. The number of rotatable bonds is 4. The van der Waals surface area contributed by atoms with Crippen LogP contribution in [-0.2, 0) is 0 Å². The van der Waals surface area contributed by atoms with Gasteiger partial charge < -0.3 is 0 Å². The molecule has 0 amide bonds. The summed E-state index contributed by atoms with van der Waals surface area (Å²) in [4.78, 5) is 0. The fraction of sp³-hybridized carbons (Fsp3) is 1.00. The number of halogens is 4. The van der Waals surface area contributed by atoms with E-state index in [-0.39, 0.29) is 6.42 Å². The summed E-state index contributed by atoms with van der Waals surface area (Å²) >= 11 is 0. The van der Waals surface area contributed by atoms with Gasteiger partial charge in [-0.25, -0.2) is 0 Å². The highest BCUT2D eigenvalue weighted by atomic mass is 19.4. The summed E-state index contributed by atoms with van der Waals surface area (Å²) in [5.74, 6) is 0. The zero-order valence-corrected chi connectivity index (χ0v) is 5.40. The van der Waals surface area contributed by atoms with Gasteiger partial charge in [0.15, 0.2) is 0 Å². The molecule has 0 bridgehead atoms. The molecule has 0 radical (unpaired) electrons. The quantitative estimate of drug-likeness (QED) is 0.457. The SMILES string of the molecule is CCC(CN(F)F)N(F)F. The van der Waals surface area contributed by atoms with Crippen LogP contribution in [0.2, 0.25) is 0 Å². The number of nitrogens with zero attached hydrogens (tertiary/aromatic N) is 2. The molecule has 0 fully saturated rings. The topological polar surface area (TPSA) is 6.48 Å². The molecule has 0 aromatic heterocycles. The maximum absolute atomic E-state index is 11.5. The minimum Gasteiger partial charge on any atom is -0.101 e. The molecule has 0 aliphatic rings. The Balaban J connectivity index is 3.60. The third kappa shape index (κ3) is 3.62. The second kappa shape index (κ2) is 4.45. The summed E-state index contributed by atoms with van der Waals surface area (Å²) in [6.45, 7) is 0.490. The molecular weight excluding hydrogens is 152 g/mol. The third-order valence-electron chi connectivity index (χ3n) is 1.10. The van der Waals surface area contributed by atoms with Crippen molar-refractivity contribution in [2.24, 2.45) is 0 Å². The van der Waals surface area contributed by atoms with Crippen molar-refractivity contribution in [3.05, 3.63) is 0 Å². The van der Waals surface area contributed by atoms with Crippen molar-refractivity contribution < 1.29 is 17.9 Å². The molecule has 0 aromatic rings. The van der Waals surface area contributed by atoms with E-state index in [0.717, 1.165) is 0 Å². The Hall–Kier alpha value is -0.360. The van der Waals surface area contributed by atoms with Gasteiger partial charge in [0.05, 0.1) is 12.6 Å². The zero-order valence-electron chi connectivity index (χ0n) is 5.40. The molecule has 0 aliphatic heterocycles. The number of hydrogen-bond acceptors (Lipinski definition) is 2. The van der Waals surface area contributed by atoms with Crippen LogP contribution in [0.4, 0.5) is 17.9 Å². The number of hydrogen-bond donors (Lipinski definition) is 0. The summed E-state index contributed by atoms with van der Waals surface area (Å²) in [7, 11) is 0. The fourth-order valence-corrected chi connectivity index (χ4v) is 0.488. The van der Waals surface area contributed by atoms with Gasteiger partial charge in [0.25, 0.3) is 0 Å². The van der Waals surface area contributed by atoms with Crippen molar-refractivity contribution in [1.29, 1.82) is 0 Å². The second-order valence-electron chi connectivity index (χ2n) is 1.81. The van der Waals surface area contributed by atoms with E-state index in [2.05, 4.69) is 0 Å². The molecule has 0 heterocycles. The molecule has 0 rings (SSSR count). The van der Waals surface area contributed by atoms with Gasteiger partial charge >= 0.3 is 0 Å². The molecule has 0 N–H and O–H groups in total. The zero-order chi connectivity index (χ0) is 8.15. The Labute approximate surface area is 55.8 Å². The normalized spacial score (nSPS) is 14.7. The molecular formula is C4H8F4N2. The summed E-state index contributed by atoms with van der Waals surface area (Å²) in [5, 5.41) is -2.45. The average molecular weight is 160 g/mol. The Morgan fingerprint density at radius 2 is 1.70 bits per heavy atom. The summed E-state index contributed by atoms with van der Waals surface area (Å²) in [5.41, 5.74) is 0. The molecule has 0 saturated carbocycles. The van der Waals surface area contributed by atoms with E-state index in [4.69, 9.17) is 0 Å². The standard InChI is InChI=1S/C4H8F4N2/c1-2-4(10(7)8)3-9(5)6/h4H,2-3H2,1H3. The molecule has 10 heavy (non-hydrogen) atoms. The van der Waals surface area contributed by atoms with E-state index < -0.39 is 23.3 Å². The lowest BCUT2D eigenvalue weighted by Gasteiger charge is -2.13. The lowest BCUT2D eigenvalue weighted by Crippen LogP contribution is -2.29. The highest BCUT2D eigenvalue weighted by Crippen LogP contribution is 2.07. The van der Waals surface area contributed by atoms with Gasteiger partial charge in [0.1, 0.15) is 0 Å². The summed E-state index contributed by atoms with van der Waals surface area (Å²) in [6.07, 6.45) is -0.00264. The van der Waals surface area contributed by atoms with Crippen LogP contribution in [0.15, 0.2) is 0 Å². The van der Waals surface area contributed by atoms with Crippen LogP contribution in [0.3, 0.4) is 0 Å². The van der Waals surface area contributed by atoms with Crippen molar-refractivity contribution in [3.63, 3.8) is 0 Å².